The molecule has 2 N–H and O–H groups in total. The number of aromatic hydroxyl groups is 1. The van der Waals surface area contributed by atoms with Crippen LogP contribution in [0.1, 0.15) is 0 Å². The zero-order valence-electron chi connectivity index (χ0n) is 10.5. The summed E-state index contributed by atoms with van der Waals surface area (Å²) < 4.78 is 9.51. The average molecular weight is 284 g/mol. The summed E-state index contributed by atoms with van der Waals surface area (Å²) in [6.45, 7) is 0. The van der Waals surface area contributed by atoms with E-state index in [0.717, 1.165) is 22.2 Å². The summed E-state index contributed by atoms with van der Waals surface area (Å²) >= 11 is 1.21. The van der Waals surface area contributed by atoms with Crippen molar-refractivity contribution in [2.24, 2.45) is 0 Å². The number of nitrogens with zero attached hydrogens (tertiary/aromatic N) is 1. The molecule has 0 saturated carbocycles. The molecule has 0 unspecified atom stereocenters. The summed E-state index contributed by atoms with van der Waals surface area (Å²) in [5.41, 5.74) is 0.911. The zero-order chi connectivity index (χ0) is 13.8. The molecule has 3 aromatic rings. The maximum absolute atomic E-state index is 9.18. The van der Waals surface area contributed by atoms with E-state index in [-0.39, 0.29) is 5.88 Å². The summed E-state index contributed by atoms with van der Waals surface area (Å²) in [7, 11) is 0. The monoisotopic (exact) mass is 284 g/mol. The van der Waals surface area contributed by atoms with E-state index >= 15 is 0 Å². The van der Waals surface area contributed by atoms with Crippen molar-refractivity contribution in [2.45, 2.75) is 0 Å². The van der Waals surface area contributed by atoms with Crippen molar-refractivity contribution in [3.63, 3.8) is 0 Å². The Morgan fingerprint density at radius 3 is 2.30 bits per heavy atom. The first-order chi connectivity index (χ1) is 9.79. The molecule has 1 aromatic heterocycles. The third-order valence-corrected chi connectivity index (χ3v) is 3.29. The summed E-state index contributed by atoms with van der Waals surface area (Å²) in [6, 6.07) is 18.8. The molecule has 0 fully saturated rings. The van der Waals surface area contributed by atoms with Crippen LogP contribution in [0.25, 0.3) is 0 Å². The Bertz CT molecular complexity index is 681. The van der Waals surface area contributed by atoms with Crippen LogP contribution in [-0.2, 0) is 0 Å². The van der Waals surface area contributed by atoms with E-state index in [1.807, 2.05) is 54.6 Å². The summed E-state index contributed by atoms with van der Waals surface area (Å²) in [4.78, 5) is 0. The summed E-state index contributed by atoms with van der Waals surface area (Å²) in [5.74, 6) is 1.61. The van der Waals surface area contributed by atoms with Crippen LogP contribution in [0, 0.1) is 0 Å². The molecule has 0 saturated heterocycles. The van der Waals surface area contributed by atoms with Crippen molar-refractivity contribution < 1.29 is 9.84 Å². The van der Waals surface area contributed by atoms with Crippen LogP contribution in [0.2, 0.25) is 0 Å². The first-order valence-corrected chi connectivity index (χ1v) is 6.82. The van der Waals surface area contributed by atoms with E-state index < -0.39 is 0 Å². The standard InChI is InChI=1S/C15H12N2O2S/c18-14-10-15(20-17-14)16-11-6-8-13(9-7-11)19-12-4-2-1-3-5-12/h1-10,16H,(H,17,18). The molecule has 4 nitrogen and oxygen atoms in total. The van der Waals surface area contributed by atoms with Gasteiger partial charge in [0.1, 0.15) is 16.5 Å². The number of anilines is 2. The Hall–Kier alpha value is -2.53. The summed E-state index contributed by atoms with van der Waals surface area (Å²) in [5, 5.41) is 13.1. The van der Waals surface area contributed by atoms with Gasteiger partial charge in [0.2, 0.25) is 5.88 Å². The van der Waals surface area contributed by atoms with Gasteiger partial charge < -0.3 is 15.2 Å². The van der Waals surface area contributed by atoms with Crippen molar-refractivity contribution >= 4 is 22.2 Å². The number of para-hydroxylation sites is 1. The summed E-state index contributed by atoms with van der Waals surface area (Å²) in [6.07, 6.45) is 0. The lowest BCUT2D eigenvalue weighted by Gasteiger charge is -2.07. The van der Waals surface area contributed by atoms with Crippen LogP contribution in [0.5, 0.6) is 17.4 Å². The largest absolute Gasteiger partial charge is 0.493 e. The fourth-order valence-corrected chi connectivity index (χ4v) is 2.26. The highest BCUT2D eigenvalue weighted by molar-refractivity contribution is 7.10. The van der Waals surface area contributed by atoms with Gasteiger partial charge in [0.05, 0.1) is 0 Å². The zero-order valence-corrected chi connectivity index (χ0v) is 11.3. The molecular weight excluding hydrogens is 272 g/mol. The highest BCUT2D eigenvalue weighted by Gasteiger charge is 2.01. The van der Waals surface area contributed by atoms with E-state index in [9.17, 15) is 5.11 Å². The van der Waals surface area contributed by atoms with Crippen LogP contribution in [-0.4, -0.2) is 9.48 Å². The minimum Gasteiger partial charge on any atom is -0.493 e. The Morgan fingerprint density at radius 2 is 1.65 bits per heavy atom. The second-order valence-electron chi connectivity index (χ2n) is 4.11. The molecule has 0 radical (unpaired) electrons. The molecule has 0 aliphatic carbocycles. The highest BCUT2D eigenvalue weighted by Crippen LogP contribution is 2.27. The third-order valence-electron chi connectivity index (χ3n) is 2.60. The normalized spacial score (nSPS) is 10.2. The number of benzene rings is 2. The van der Waals surface area contributed by atoms with Crippen molar-refractivity contribution in [2.75, 3.05) is 5.32 Å². The highest BCUT2D eigenvalue weighted by atomic mass is 32.1. The quantitative estimate of drug-likeness (QED) is 0.746. The molecule has 0 bridgehead atoms. The Labute approximate surface area is 120 Å². The van der Waals surface area contributed by atoms with Gasteiger partial charge >= 0.3 is 0 Å². The van der Waals surface area contributed by atoms with Crippen LogP contribution >= 0.6 is 11.5 Å². The number of nitrogens with one attached hydrogen (secondary N) is 1. The van der Waals surface area contributed by atoms with Gasteiger partial charge in [-0.15, -0.1) is 0 Å². The maximum Gasteiger partial charge on any atom is 0.224 e. The van der Waals surface area contributed by atoms with Crippen LogP contribution in [0.3, 0.4) is 0 Å². The molecule has 0 amide bonds. The molecule has 20 heavy (non-hydrogen) atoms. The molecule has 0 aliphatic heterocycles. The third kappa shape index (κ3) is 3.07. The first kappa shape index (κ1) is 12.5. The van der Waals surface area contributed by atoms with Gasteiger partial charge in [0.15, 0.2) is 0 Å². The number of hydrogen-bond donors (Lipinski definition) is 2. The predicted molar refractivity (Wildman–Crippen MR) is 80.0 cm³/mol. The van der Waals surface area contributed by atoms with Crippen molar-refractivity contribution in [3.05, 3.63) is 60.7 Å². The molecular formula is C15H12N2O2S. The van der Waals surface area contributed by atoms with Crippen LogP contribution in [0.4, 0.5) is 10.7 Å². The molecule has 0 spiro atoms. The number of ether oxygens (including phenoxy) is 1. The molecule has 100 valence electrons. The second-order valence-corrected chi connectivity index (χ2v) is 4.92. The van der Waals surface area contributed by atoms with Gasteiger partial charge in [-0.2, -0.15) is 4.37 Å². The number of aromatic nitrogens is 1. The molecule has 0 aliphatic rings. The van der Waals surface area contributed by atoms with Gasteiger partial charge in [0, 0.05) is 11.8 Å². The molecule has 1 heterocycles. The van der Waals surface area contributed by atoms with E-state index in [1.165, 1.54) is 11.5 Å². The lowest BCUT2D eigenvalue weighted by atomic mass is 10.3. The van der Waals surface area contributed by atoms with Gasteiger partial charge in [0.25, 0.3) is 0 Å². The lowest BCUT2D eigenvalue weighted by Crippen LogP contribution is -1.88. The molecule has 2 aromatic carbocycles. The van der Waals surface area contributed by atoms with E-state index in [4.69, 9.17) is 4.74 Å². The fourth-order valence-electron chi connectivity index (χ4n) is 1.70. The van der Waals surface area contributed by atoms with Gasteiger partial charge in [-0.1, -0.05) is 18.2 Å². The molecule has 3 rings (SSSR count). The first-order valence-electron chi connectivity index (χ1n) is 6.05. The van der Waals surface area contributed by atoms with E-state index in [0.29, 0.717) is 0 Å². The number of rotatable bonds is 4. The minimum atomic E-state index is 0.0292. The Balaban J connectivity index is 1.68. The SMILES string of the molecule is Oc1cc(Nc2ccc(Oc3ccccc3)cc2)sn1. The Morgan fingerprint density at radius 1 is 0.950 bits per heavy atom. The van der Waals surface area contributed by atoms with Crippen LogP contribution < -0.4 is 10.1 Å². The Kier molecular flexibility index (Phi) is 3.52. The van der Waals surface area contributed by atoms with Gasteiger partial charge in [-0.3, -0.25) is 0 Å². The van der Waals surface area contributed by atoms with Crippen molar-refractivity contribution in [3.8, 4) is 17.4 Å². The maximum atomic E-state index is 9.18. The van der Waals surface area contributed by atoms with Crippen molar-refractivity contribution in [1.82, 2.24) is 4.37 Å². The van der Waals surface area contributed by atoms with Crippen LogP contribution in [0.15, 0.2) is 60.7 Å². The number of hydrogen-bond acceptors (Lipinski definition) is 5. The van der Waals surface area contributed by atoms with E-state index in [1.54, 1.807) is 6.07 Å². The van der Waals surface area contributed by atoms with Gasteiger partial charge in [-0.05, 0) is 47.9 Å². The van der Waals surface area contributed by atoms with E-state index in [2.05, 4.69) is 9.69 Å². The fraction of sp³-hybridized carbons (Fsp3) is 0. The predicted octanol–water partition coefficient (Wildman–Crippen LogP) is 4.38. The second kappa shape index (κ2) is 5.63. The van der Waals surface area contributed by atoms with Gasteiger partial charge in [-0.25, -0.2) is 0 Å². The smallest absolute Gasteiger partial charge is 0.224 e. The minimum absolute atomic E-state index is 0.0292. The van der Waals surface area contributed by atoms with Crippen molar-refractivity contribution in [1.29, 1.82) is 0 Å². The topological polar surface area (TPSA) is 54.4 Å². The lowest BCUT2D eigenvalue weighted by molar-refractivity contribution is 0.460. The average Bonchev–Trinajstić information content (AvgIpc) is 2.88. The molecule has 5 heteroatoms. The molecule has 0 atom stereocenters.